The lowest BCUT2D eigenvalue weighted by Crippen LogP contribution is -2.20. The van der Waals surface area contributed by atoms with E-state index in [2.05, 4.69) is 15.4 Å². The molecule has 21 heavy (non-hydrogen) atoms. The minimum Gasteiger partial charge on any atom is -0.508 e. The lowest BCUT2D eigenvalue weighted by Gasteiger charge is -2.10. The highest BCUT2D eigenvalue weighted by Crippen LogP contribution is 2.24. The number of carbonyl (C=O) groups excluding carboxylic acids is 1. The molecule has 0 bridgehead atoms. The van der Waals surface area contributed by atoms with Crippen molar-refractivity contribution < 1.29 is 23.4 Å². The number of aromatic hydroxyl groups is 1. The number of ether oxygens (including phenoxy) is 1. The molecule has 2 aromatic rings. The number of methoxy groups -OCH3 is 1. The number of rotatable bonds is 3. The zero-order chi connectivity index (χ0) is 15.4. The molecule has 0 spiro atoms. The van der Waals surface area contributed by atoms with E-state index in [9.17, 15) is 13.6 Å². The van der Waals surface area contributed by atoms with Crippen molar-refractivity contribution in [2.45, 2.75) is 0 Å². The largest absolute Gasteiger partial charge is 0.508 e. The smallest absolute Gasteiger partial charge is 0.323 e. The Hall–Kier alpha value is -2.83. The van der Waals surface area contributed by atoms with E-state index < -0.39 is 17.7 Å². The molecule has 2 amide bonds. The van der Waals surface area contributed by atoms with Crippen molar-refractivity contribution in [2.75, 3.05) is 17.7 Å². The number of carbonyl (C=O) groups is 1. The molecule has 2 rings (SSSR count). The highest BCUT2D eigenvalue weighted by molar-refractivity contribution is 5.99. The van der Waals surface area contributed by atoms with E-state index in [4.69, 9.17) is 5.11 Å². The second-order valence-electron chi connectivity index (χ2n) is 4.09. The molecular weight excluding hydrogens is 282 g/mol. The lowest BCUT2D eigenvalue weighted by molar-refractivity contribution is 0.262. The first kappa shape index (κ1) is 14.6. The van der Waals surface area contributed by atoms with Crippen LogP contribution in [0.5, 0.6) is 11.5 Å². The third kappa shape index (κ3) is 3.59. The monoisotopic (exact) mass is 294 g/mol. The molecule has 0 heterocycles. The quantitative estimate of drug-likeness (QED) is 0.760. The summed E-state index contributed by atoms with van der Waals surface area (Å²) in [5.41, 5.74) is 0.0734. The summed E-state index contributed by atoms with van der Waals surface area (Å²) in [5.74, 6) is -1.82. The molecule has 0 unspecified atom stereocenters. The van der Waals surface area contributed by atoms with E-state index in [1.54, 1.807) is 0 Å². The van der Waals surface area contributed by atoms with Gasteiger partial charge in [0.05, 0.1) is 12.8 Å². The average Bonchev–Trinajstić information content (AvgIpc) is 2.45. The third-order valence-electron chi connectivity index (χ3n) is 2.61. The summed E-state index contributed by atoms with van der Waals surface area (Å²) in [6, 6.07) is 6.59. The van der Waals surface area contributed by atoms with Gasteiger partial charge in [0.1, 0.15) is 5.75 Å². The average molecular weight is 294 g/mol. The van der Waals surface area contributed by atoms with Gasteiger partial charge in [0.25, 0.3) is 0 Å². The van der Waals surface area contributed by atoms with Gasteiger partial charge >= 0.3 is 6.03 Å². The molecule has 0 radical (unpaired) electrons. The summed E-state index contributed by atoms with van der Waals surface area (Å²) in [5, 5.41) is 13.7. The van der Waals surface area contributed by atoms with Crippen LogP contribution in [0.25, 0.3) is 0 Å². The number of hydrogen-bond donors (Lipinski definition) is 3. The predicted octanol–water partition coefficient (Wildman–Crippen LogP) is 3.32. The second kappa shape index (κ2) is 6.08. The van der Waals surface area contributed by atoms with Crippen molar-refractivity contribution >= 4 is 17.4 Å². The van der Waals surface area contributed by atoms with Crippen molar-refractivity contribution in [3.63, 3.8) is 0 Å². The highest BCUT2D eigenvalue weighted by Gasteiger charge is 2.12. The van der Waals surface area contributed by atoms with Crippen LogP contribution in [0.2, 0.25) is 0 Å². The molecule has 0 aliphatic heterocycles. The fourth-order valence-corrected chi connectivity index (χ4v) is 1.61. The van der Waals surface area contributed by atoms with Gasteiger partial charge in [0.15, 0.2) is 17.4 Å². The number of nitrogens with one attached hydrogen (secondary N) is 2. The van der Waals surface area contributed by atoms with Gasteiger partial charge in [-0.3, -0.25) is 0 Å². The van der Waals surface area contributed by atoms with E-state index in [1.807, 2.05) is 0 Å². The fraction of sp³-hybridized carbons (Fsp3) is 0.0714. The van der Waals surface area contributed by atoms with Crippen molar-refractivity contribution in [2.24, 2.45) is 0 Å². The molecular formula is C14H12F2N2O3. The summed E-state index contributed by atoms with van der Waals surface area (Å²) >= 11 is 0. The number of amides is 2. The number of urea groups is 1. The molecule has 3 N–H and O–H groups in total. The van der Waals surface area contributed by atoms with Crippen LogP contribution in [0.3, 0.4) is 0 Å². The molecule has 0 fully saturated rings. The van der Waals surface area contributed by atoms with Gasteiger partial charge in [0, 0.05) is 17.8 Å². The Bertz CT molecular complexity index is 660. The van der Waals surface area contributed by atoms with Gasteiger partial charge < -0.3 is 20.5 Å². The Kier molecular flexibility index (Phi) is 4.22. The molecule has 0 atom stereocenters. The van der Waals surface area contributed by atoms with Gasteiger partial charge in [-0.15, -0.1) is 0 Å². The lowest BCUT2D eigenvalue weighted by atomic mass is 10.2. The molecule has 0 aliphatic carbocycles. The minimum atomic E-state index is -0.825. The Morgan fingerprint density at radius 2 is 1.76 bits per heavy atom. The van der Waals surface area contributed by atoms with Crippen LogP contribution in [0.15, 0.2) is 36.4 Å². The van der Waals surface area contributed by atoms with Gasteiger partial charge in [-0.25, -0.2) is 13.6 Å². The van der Waals surface area contributed by atoms with Gasteiger partial charge in [-0.1, -0.05) is 0 Å². The zero-order valence-electron chi connectivity index (χ0n) is 11.0. The molecule has 0 aromatic heterocycles. The summed E-state index contributed by atoms with van der Waals surface area (Å²) in [6.45, 7) is 0. The van der Waals surface area contributed by atoms with Crippen LogP contribution in [0.4, 0.5) is 25.0 Å². The van der Waals surface area contributed by atoms with Crippen LogP contribution in [0, 0.1) is 11.6 Å². The van der Waals surface area contributed by atoms with E-state index >= 15 is 0 Å². The highest BCUT2D eigenvalue weighted by atomic mass is 19.1. The first-order chi connectivity index (χ1) is 9.99. The van der Waals surface area contributed by atoms with E-state index in [-0.39, 0.29) is 17.2 Å². The first-order valence-corrected chi connectivity index (χ1v) is 5.89. The SMILES string of the molecule is COc1cc(F)c(NC(=O)Nc2ccc(O)cc2)cc1F. The Morgan fingerprint density at radius 1 is 1.10 bits per heavy atom. The standard InChI is InChI=1S/C14H12F2N2O3/c1-21-13-7-10(15)12(6-11(13)16)18-14(20)17-8-2-4-9(19)5-3-8/h2-7,19H,1H3,(H2,17,18,20). The summed E-state index contributed by atoms with van der Waals surface area (Å²) < 4.78 is 31.7. The number of halogens is 2. The summed E-state index contributed by atoms with van der Waals surface area (Å²) in [7, 11) is 1.21. The van der Waals surface area contributed by atoms with Crippen LogP contribution in [-0.4, -0.2) is 18.2 Å². The summed E-state index contributed by atoms with van der Waals surface area (Å²) in [4.78, 5) is 11.7. The third-order valence-corrected chi connectivity index (χ3v) is 2.61. The predicted molar refractivity (Wildman–Crippen MR) is 73.7 cm³/mol. The normalized spacial score (nSPS) is 10.0. The van der Waals surface area contributed by atoms with Crippen molar-refractivity contribution in [3.8, 4) is 11.5 Å². The van der Waals surface area contributed by atoms with E-state index in [0.717, 1.165) is 12.1 Å². The number of phenols is 1. The number of benzene rings is 2. The van der Waals surface area contributed by atoms with Gasteiger partial charge in [0.2, 0.25) is 0 Å². The van der Waals surface area contributed by atoms with Crippen LogP contribution in [0.1, 0.15) is 0 Å². The first-order valence-electron chi connectivity index (χ1n) is 5.89. The number of hydrogen-bond acceptors (Lipinski definition) is 3. The molecule has 0 saturated heterocycles. The Morgan fingerprint density at radius 3 is 2.38 bits per heavy atom. The van der Waals surface area contributed by atoms with E-state index in [1.165, 1.54) is 31.4 Å². The number of anilines is 2. The van der Waals surface area contributed by atoms with Gasteiger partial charge in [-0.2, -0.15) is 0 Å². The Labute approximate surface area is 119 Å². The minimum absolute atomic E-state index is 0.0456. The fourth-order valence-electron chi connectivity index (χ4n) is 1.61. The maximum absolute atomic E-state index is 13.6. The number of phenolic OH excluding ortho intramolecular Hbond substituents is 1. The topological polar surface area (TPSA) is 70.6 Å². The van der Waals surface area contributed by atoms with Crippen molar-refractivity contribution in [1.29, 1.82) is 0 Å². The van der Waals surface area contributed by atoms with E-state index in [0.29, 0.717) is 5.69 Å². The van der Waals surface area contributed by atoms with Gasteiger partial charge in [-0.05, 0) is 24.3 Å². The maximum Gasteiger partial charge on any atom is 0.323 e. The molecule has 110 valence electrons. The summed E-state index contributed by atoms with van der Waals surface area (Å²) in [6.07, 6.45) is 0. The second-order valence-corrected chi connectivity index (χ2v) is 4.09. The molecule has 0 aliphatic rings. The Balaban J connectivity index is 2.09. The van der Waals surface area contributed by atoms with Crippen LogP contribution in [-0.2, 0) is 0 Å². The molecule has 0 saturated carbocycles. The molecule has 2 aromatic carbocycles. The van der Waals surface area contributed by atoms with Crippen molar-refractivity contribution in [1.82, 2.24) is 0 Å². The zero-order valence-corrected chi connectivity index (χ0v) is 11.0. The maximum atomic E-state index is 13.6. The molecule has 5 nitrogen and oxygen atoms in total. The van der Waals surface area contributed by atoms with Crippen LogP contribution >= 0.6 is 0 Å². The van der Waals surface area contributed by atoms with Crippen molar-refractivity contribution in [3.05, 3.63) is 48.0 Å². The van der Waals surface area contributed by atoms with Crippen LogP contribution < -0.4 is 15.4 Å². The molecule has 7 heteroatoms.